The third-order valence-corrected chi connectivity index (χ3v) is 4.67. The van der Waals surface area contributed by atoms with Gasteiger partial charge in [-0.1, -0.05) is 78.6 Å². The molecule has 0 spiro atoms. The lowest BCUT2D eigenvalue weighted by atomic mass is 9.75. The molecule has 1 aromatic rings. The van der Waals surface area contributed by atoms with Gasteiger partial charge in [0.1, 0.15) is 6.33 Å². The lowest BCUT2D eigenvalue weighted by Crippen LogP contribution is -2.22. The van der Waals surface area contributed by atoms with Crippen molar-refractivity contribution in [3.05, 3.63) is 24.3 Å². The summed E-state index contributed by atoms with van der Waals surface area (Å²) in [5, 5.41) is 0. The fourth-order valence-electron chi connectivity index (χ4n) is 3.09. The van der Waals surface area contributed by atoms with Crippen molar-refractivity contribution in [2.75, 3.05) is 0 Å². The van der Waals surface area contributed by atoms with E-state index in [0.717, 1.165) is 0 Å². The van der Waals surface area contributed by atoms with Crippen LogP contribution in [0.5, 0.6) is 0 Å². The third kappa shape index (κ3) is 7.06. The Morgan fingerprint density at radius 2 is 1.24 bits per heavy atom. The summed E-state index contributed by atoms with van der Waals surface area (Å²) in [5.41, 5.74) is 1.60. The number of hydrogen-bond acceptors (Lipinski definition) is 2. The zero-order valence-corrected chi connectivity index (χ0v) is 14.4. The van der Waals surface area contributed by atoms with E-state index in [9.17, 15) is 0 Å². The molecule has 1 unspecified atom stereocenters. The Morgan fingerprint density at radius 3 is 1.76 bits per heavy atom. The van der Waals surface area contributed by atoms with Crippen LogP contribution in [0.3, 0.4) is 0 Å². The highest BCUT2D eigenvalue weighted by molar-refractivity contribution is 5.17. The molecule has 0 saturated heterocycles. The van der Waals surface area contributed by atoms with Crippen molar-refractivity contribution in [1.29, 1.82) is 0 Å². The van der Waals surface area contributed by atoms with Crippen LogP contribution in [-0.2, 0) is 5.41 Å². The fourth-order valence-corrected chi connectivity index (χ4v) is 3.09. The van der Waals surface area contributed by atoms with Crippen LogP contribution in [0, 0.1) is 0 Å². The minimum atomic E-state index is 0.265. The van der Waals surface area contributed by atoms with Crippen LogP contribution >= 0.6 is 0 Å². The lowest BCUT2D eigenvalue weighted by Gasteiger charge is -2.30. The van der Waals surface area contributed by atoms with E-state index in [1.807, 2.05) is 12.4 Å². The minimum absolute atomic E-state index is 0.265. The van der Waals surface area contributed by atoms with Gasteiger partial charge >= 0.3 is 0 Å². The van der Waals surface area contributed by atoms with Crippen molar-refractivity contribution in [2.24, 2.45) is 0 Å². The van der Waals surface area contributed by atoms with Crippen LogP contribution in [0.15, 0.2) is 18.7 Å². The summed E-state index contributed by atoms with van der Waals surface area (Å²) in [6, 6.07) is 0. The van der Waals surface area contributed by atoms with E-state index in [1.54, 1.807) is 6.33 Å². The maximum Gasteiger partial charge on any atom is 0.115 e. The summed E-state index contributed by atoms with van der Waals surface area (Å²) in [7, 11) is 0. The van der Waals surface area contributed by atoms with Crippen molar-refractivity contribution in [2.45, 2.75) is 96.8 Å². The quantitative estimate of drug-likeness (QED) is 0.437. The average Bonchev–Trinajstić information content (AvgIpc) is 2.52. The molecule has 0 aromatic carbocycles. The molecule has 0 N–H and O–H groups in total. The SMILES string of the molecule is CCCCCCCC(C)(CCCCCC)c1cncnc1. The molecular formula is C19H34N2. The molecule has 2 heteroatoms. The van der Waals surface area contributed by atoms with E-state index in [0.29, 0.717) is 0 Å². The largest absolute Gasteiger partial charge is 0.245 e. The predicted octanol–water partition coefficient (Wildman–Crippen LogP) is 6.07. The molecular weight excluding hydrogens is 256 g/mol. The first-order valence-electron chi connectivity index (χ1n) is 8.98. The Balaban J connectivity index is 2.52. The van der Waals surface area contributed by atoms with Gasteiger partial charge in [-0.15, -0.1) is 0 Å². The maximum atomic E-state index is 4.24. The first-order valence-corrected chi connectivity index (χ1v) is 8.98. The number of nitrogens with zero attached hydrogens (tertiary/aromatic N) is 2. The Labute approximate surface area is 131 Å². The third-order valence-electron chi connectivity index (χ3n) is 4.67. The van der Waals surface area contributed by atoms with Crippen LogP contribution in [0.25, 0.3) is 0 Å². The van der Waals surface area contributed by atoms with Crippen molar-refractivity contribution in [3.63, 3.8) is 0 Å². The van der Waals surface area contributed by atoms with Crippen LogP contribution in [0.4, 0.5) is 0 Å². The first-order chi connectivity index (χ1) is 10.2. The summed E-state index contributed by atoms with van der Waals surface area (Å²) in [5.74, 6) is 0. The van der Waals surface area contributed by atoms with Crippen LogP contribution < -0.4 is 0 Å². The van der Waals surface area contributed by atoms with Gasteiger partial charge in [0.2, 0.25) is 0 Å². The summed E-state index contributed by atoms with van der Waals surface area (Å²) in [4.78, 5) is 8.48. The summed E-state index contributed by atoms with van der Waals surface area (Å²) >= 11 is 0. The second-order valence-electron chi connectivity index (χ2n) is 6.66. The molecule has 1 aromatic heterocycles. The molecule has 0 saturated carbocycles. The summed E-state index contributed by atoms with van der Waals surface area (Å²) < 4.78 is 0. The molecule has 0 bridgehead atoms. The van der Waals surface area contributed by atoms with Gasteiger partial charge in [0.05, 0.1) is 0 Å². The lowest BCUT2D eigenvalue weighted by molar-refractivity contribution is 0.361. The molecule has 1 heterocycles. The van der Waals surface area contributed by atoms with E-state index < -0.39 is 0 Å². The molecule has 1 atom stereocenters. The normalized spacial score (nSPS) is 14.0. The molecule has 2 nitrogen and oxygen atoms in total. The second kappa shape index (κ2) is 10.8. The van der Waals surface area contributed by atoms with Crippen LogP contribution in [0.2, 0.25) is 0 Å². The predicted molar refractivity (Wildman–Crippen MR) is 91.5 cm³/mol. The summed E-state index contributed by atoms with van der Waals surface area (Å²) in [6.45, 7) is 6.97. The molecule has 0 aliphatic rings. The van der Waals surface area contributed by atoms with Gasteiger partial charge in [0.25, 0.3) is 0 Å². The Kier molecular flexibility index (Phi) is 9.29. The minimum Gasteiger partial charge on any atom is -0.245 e. The zero-order chi connectivity index (χ0) is 15.4. The molecule has 0 fully saturated rings. The van der Waals surface area contributed by atoms with Gasteiger partial charge in [-0.2, -0.15) is 0 Å². The van der Waals surface area contributed by atoms with Crippen molar-refractivity contribution >= 4 is 0 Å². The van der Waals surface area contributed by atoms with E-state index in [1.165, 1.54) is 76.2 Å². The number of aromatic nitrogens is 2. The number of unbranched alkanes of at least 4 members (excludes halogenated alkanes) is 7. The second-order valence-corrected chi connectivity index (χ2v) is 6.66. The Bertz CT molecular complexity index is 350. The number of rotatable bonds is 12. The molecule has 0 aliphatic carbocycles. The van der Waals surface area contributed by atoms with E-state index in [4.69, 9.17) is 0 Å². The average molecular weight is 290 g/mol. The maximum absolute atomic E-state index is 4.24. The number of hydrogen-bond donors (Lipinski definition) is 0. The van der Waals surface area contributed by atoms with Crippen molar-refractivity contribution in [1.82, 2.24) is 9.97 Å². The first kappa shape index (κ1) is 18.1. The topological polar surface area (TPSA) is 25.8 Å². The standard InChI is InChI=1S/C19H34N2/c1-4-6-8-10-12-14-19(3,13-11-9-7-5-2)18-15-20-17-21-16-18/h15-17H,4-14H2,1-3H3. The van der Waals surface area contributed by atoms with Crippen LogP contribution in [-0.4, -0.2) is 9.97 Å². The summed E-state index contributed by atoms with van der Waals surface area (Å²) in [6.07, 6.45) is 20.4. The van der Waals surface area contributed by atoms with Gasteiger partial charge in [-0.3, -0.25) is 0 Å². The molecule has 120 valence electrons. The fraction of sp³-hybridized carbons (Fsp3) is 0.789. The highest BCUT2D eigenvalue weighted by atomic mass is 14.8. The van der Waals surface area contributed by atoms with Gasteiger partial charge in [0.15, 0.2) is 0 Å². The molecule has 21 heavy (non-hydrogen) atoms. The van der Waals surface area contributed by atoms with Gasteiger partial charge < -0.3 is 0 Å². The molecule has 0 radical (unpaired) electrons. The van der Waals surface area contributed by atoms with Gasteiger partial charge in [0, 0.05) is 12.4 Å². The molecule has 1 rings (SSSR count). The molecule has 0 amide bonds. The highest BCUT2D eigenvalue weighted by Crippen LogP contribution is 2.34. The molecule has 0 aliphatic heterocycles. The van der Waals surface area contributed by atoms with E-state index in [2.05, 4.69) is 30.7 Å². The Morgan fingerprint density at radius 1 is 0.762 bits per heavy atom. The monoisotopic (exact) mass is 290 g/mol. The smallest absolute Gasteiger partial charge is 0.115 e. The van der Waals surface area contributed by atoms with E-state index in [-0.39, 0.29) is 5.41 Å². The van der Waals surface area contributed by atoms with Gasteiger partial charge in [-0.25, -0.2) is 9.97 Å². The zero-order valence-electron chi connectivity index (χ0n) is 14.4. The van der Waals surface area contributed by atoms with Crippen molar-refractivity contribution < 1.29 is 0 Å². The van der Waals surface area contributed by atoms with Crippen molar-refractivity contribution in [3.8, 4) is 0 Å². The van der Waals surface area contributed by atoms with E-state index >= 15 is 0 Å². The highest BCUT2D eigenvalue weighted by Gasteiger charge is 2.26. The van der Waals surface area contributed by atoms with Gasteiger partial charge in [-0.05, 0) is 23.8 Å². The van der Waals surface area contributed by atoms with Crippen LogP contribution in [0.1, 0.15) is 97.0 Å². The Hall–Kier alpha value is -0.920.